The van der Waals surface area contributed by atoms with Crippen molar-refractivity contribution in [3.05, 3.63) is 77.9 Å². The van der Waals surface area contributed by atoms with Crippen molar-refractivity contribution in [1.29, 1.82) is 5.41 Å². The predicted octanol–water partition coefficient (Wildman–Crippen LogP) is 5.11. The van der Waals surface area contributed by atoms with Crippen molar-refractivity contribution in [3.63, 3.8) is 0 Å². The number of carbonyl (C=O) groups is 1. The summed E-state index contributed by atoms with van der Waals surface area (Å²) in [5.41, 5.74) is 10.2. The summed E-state index contributed by atoms with van der Waals surface area (Å²) < 4.78 is 129. The highest BCUT2D eigenvalue weighted by Gasteiger charge is 2.27. The second-order valence-electron chi connectivity index (χ2n) is 11.7. The second kappa shape index (κ2) is 19.8. The molecule has 25 nitrogen and oxygen atoms in total. The minimum atomic E-state index is -4.88. The summed E-state index contributed by atoms with van der Waals surface area (Å²) in [6.45, 7) is -1.72. The lowest BCUT2D eigenvalue weighted by molar-refractivity contribution is 0.0698. The first-order valence-electron chi connectivity index (χ1n) is 16.5. The molecular formula is C32H33N9O16S4. The van der Waals surface area contributed by atoms with Crippen molar-refractivity contribution < 1.29 is 70.5 Å². The molecule has 0 radical (unpaired) electrons. The quantitative estimate of drug-likeness (QED) is 0.0208. The molecule has 0 amide bonds. The molecule has 29 heteroatoms. The first-order valence-corrected chi connectivity index (χ1v) is 22.5. The number of ether oxygens (including phenoxy) is 2. The molecule has 61 heavy (non-hydrogen) atoms. The molecule has 0 unspecified atom stereocenters. The van der Waals surface area contributed by atoms with E-state index in [9.17, 15) is 43.6 Å². The highest BCUT2D eigenvalue weighted by molar-refractivity contribution is 7.91. The van der Waals surface area contributed by atoms with E-state index in [1.165, 1.54) is 43.5 Å². The third kappa shape index (κ3) is 13.3. The van der Waals surface area contributed by atoms with Gasteiger partial charge in [-0.1, -0.05) is 6.07 Å². The number of carboxylic acids is 1. The van der Waals surface area contributed by atoms with Gasteiger partial charge in [0.25, 0.3) is 0 Å². The largest absolute Gasteiger partial charge is 0.494 e. The lowest BCUT2D eigenvalue weighted by atomic mass is 10.1. The number of rotatable bonds is 21. The molecule has 0 saturated carbocycles. The average molecular weight is 928 g/mol. The number of methoxy groups -OCH3 is 1. The van der Waals surface area contributed by atoms with E-state index in [-0.39, 0.29) is 39.2 Å². The van der Waals surface area contributed by atoms with Gasteiger partial charge in [-0.25, -0.2) is 30.0 Å². The number of nitrogen functional groups attached to an aromatic ring is 2. The Morgan fingerprint density at radius 3 is 1.52 bits per heavy atom. The molecule has 4 aromatic carbocycles. The van der Waals surface area contributed by atoms with Gasteiger partial charge < -0.3 is 26.0 Å². The molecule has 0 aliphatic carbocycles. The number of azo groups is 3. The zero-order chi connectivity index (χ0) is 45.2. The van der Waals surface area contributed by atoms with Gasteiger partial charge in [-0.3, -0.25) is 14.5 Å². The summed E-state index contributed by atoms with van der Waals surface area (Å²) in [4.78, 5) is 12.2. The van der Waals surface area contributed by atoms with Crippen molar-refractivity contribution in [2.75, 3.05) is 43.3 Å². The Morgan fingerprint density at radius 1 is 0.672 bits per heavy atom. The normalized spacial score (nSPS) is 12.6. The van der Waals surface area contributed by atoms with Crippen LogP contribution in [0.15, 0.2) is 107 Å². The van der Waals surface area contributed by atoms with Gasteiger partial charge in [0.15, 0.2) is 26.1 Å². The van der Waals surface area contributed by atoms with Crippen molar-refractivity contribution in [2.45, 2.75) is 16.4 Å². The zero-order valence-electron chi connectivity index (χ0n) is 31.1. The zero-order valence-corrected chi connectivity index (χ0v) is 34.3. The fraction of sp³-hybridized carbons (Fsp3) is 0.188. The van der Waals surface area contributed by atoms with E-state index in [0.29, 0.717) is 5.56 Å². The van der Waals surface area contributed by atoms with E-state index in [1.54, 1.807) is 6.07 Å². The molecule has 326 valence electrons. The van der Waals surface area contributed by atoms with Crippen LogP contribution in [0.5, 0.6) is 5.75 Å². The summed E-state index contributed by atoms with van der Waals surface area (Å²) in [6.07, 6.45) is 0.742. The van der Waals surface area contributed by atoms with Gasteiger partial charge in [0.1, 0.15) is 40.7 Å². The van der Waals surface area contributed by atoms with E-state index in [1.807, 2.05) is 0 Å². The maximum Gasteiger partial charge on any atom is 0.397 e. The van der Waals surface area contributed by atoms with E-state index in [2.05, 4.69) is 39.1 Å². The molecule has 0 atom stereocenters. The fourth-order valence-electron chi connectivity index (χ4n) is 4.79. The van der Waals surface area contributed by atoms with Crippen molar-refractivity contribution in [1.82, 2.24) is 0 Å². The number of sulfone groups is 2. The molecule has 4 rings (SSSR count). The van der Waals surface area contributed by atoms with Crippen LogP contribution in [0, 0.1) is 5.41 Å². The molecule has 0 bridgehead atoms. The molecule has 0 aromatic heterocycles. The van der Waals surface area contributed by atoms with Crippen molar-refractivity contribution in [2.24, 2.45) is 30.7 Å². The molecule has 0 aliphatic heterocycles. The van der Waals surface area contributed by atoms with Gasteiger partial charge in [0.2, 0.25) is 0 Å². The standard InChI is InChI=1S/C32H33N9O16S4/c1-54-25-16-19(17-55-18-33)2-11-24(25)38-40-30-26(32(42)43)29(39-36-20-3-7-22(8-4-20)58(44,45)14-12-56-60(48,49)50)27(34)31(28(30)35)41-37-21-5-9-23(10-6-21)59(46,47)15-13-57-61(51,52)53/h2-11,16,18,33H,12-15,17,34-35H2,1H3,(H,42,43)(H,48,49,50)(H,51,52,53). The van der Waals surface area contributed by atoms with Crippen LogP contribution in [0.25, 0.3) is 0 Å². The minimum Gasteiger partial charge on any atom is -0.494 e. The summed E-state index contributed by atoms with van der Waals surface area (Å²) in [5.74, 6) is -3.13. The number of nitrogens with one attached hydrogen (secondary N) is 1. The number of anilines is 2. The van der Waals surface area contributed by atoms with E-state index < -0.39 is 105 Å². The number of benzene rings is 4. The van der Waals surface area contributed by atoms with Crippen molar-refractivity contribution in [3.8, 4) is 5.75 Å². The van der Waals surface area contributed by atoms with Crippen LogP contribution in [-0.2, 0) is 60.2 Å². The smallest absolute Gasteiger partial charge is 0.397 e. The number of nitrogens with two attached hydrogens (primary N) is 2. The van der Waals surface area contributed by atoms with Gasteiger partial charge in [0, 0.05) is 0 Å². The number of hydrogen-bond donors (Lipinski definition) is 6. The van der Waals surface area contributed by atoms with Crippen LogP contribution in [0.1, 0.15) is 15.9 Å². The fourth-order valence-corrected chi connectivity index (χ4v) is 7.77. The maximum absolute atomic E-state index is 12.8. The summed E-state index contributed by atoms with van der Waals surface area (Å²) >= 11 is 0. The Labute approximate surface area is 347 Å². The van der Waals surface area contributed by atoms with E-state index in [4.69, 9.17) is 35.5 Å². The first kappa shape index (κ1) is 47.3. The van der Waals surface area contributed by atoms with Crippen LogP contribution in [0.4, 0.5) is 45.5 Å². The second-order valence-corrected chi connectivity index (χ2v) is 18.1. The van der Waals surface area contributed by atoms with E-state index >= 15 is 0 Å². The predicted molar refractivity (Wildman–Crippen MR) is 213 cm³/mol. The Balaban J connectivity index is 1.80. The Kier molecular flexibility index (Phi) is 15.4. The van der Waals surface area contributed by atoms with Crippen LogP contribution in [0.3, 0.4) is 0 Å². The maximum atomic E-state index is 12.8. The third-order valence-corrected chi connectivity index (χ3v) is 12.0. The number of carboxylic acid groups (broad SMARTS) is 1. The van der Waals surface area contributed by atoms with Gasteiger partial charge >= 0.3 is 26.8 Å². The van der Waals surface area contributed by atoms with Crippen LogP contribution in [0.2, 0.25) is 0 Å². The Morgan fingerprint density at radius 2 is 1.11 bits per heavy atom. The van der Waals surface area contributed by atoms with Gasteiger partial charge in [0.05, 0.1) is 64.4 Å². The Hall–Kier alpha value is -6.34. The number of aromatic carboxylic acids is 1. The molecular weight excluding hydrogens is 895 g/mol. The molecule has 8 N–H and O–H groups in total. The summed E-state index contributed by atoms with van der Waals surface area (Å²) in [6, 6.07) is 13.7. The van der Waals surface area contributed by atoms with Gasteiger partial charge in [-0.05, 0) is 66.2 Å². The first-order chi connectivity index (χ1) is 28.5. The molecule has 0 spiro atoms. The van der Waals surface area contributed by atoms with Gasteiger partial charge in [-0.2, -0.15) is 27.1 Å². The lowest BCUT2D eigenvalue weighted by Crippen LogP contribution is -2.15. The Bertz CT molecular complexity index is 2840. The van der Waals surface area contributed by atoms with E-state index in [0.717, 1.165) is 30.7 Å². The molecule has 0 heterocycles. The molecule has 4 aromatic rings. The monoisotopic (exact) mass is 927 g/mol. The molecule has 0 aliphatic rings. The topological polar surface area (TPSA) is 401 Å². The molecule has 0 fully saturated rings. The highest BCUT2D eigenvalue weighted by atomic mass is 32.3. The van der Waals surface area contributed by atoms with Crippen molar-refractivity contribution >= 4 is 98.3 Å². The van der Waals surface area contributed by atoms with Gasteiger partial charge in [-0.15, -0.1) is 20.5 Å². The van der Waals surface area contributed by atoms with Crippen LogP contribution in [-0.4, -0.2) is 92.1 Å². The van der Waals surface area contributed by atoms with Crippen LogP contribution >= 0.6 is 0 Å². The highest BCUT2D eigenvalue weighted by Crippen LogP contribution is 2.49. The minimum absolute atomic E-state index is 0.0111. The molecule has 0 saturated heterocycles. The van der Waals surface area contributed by atoms with Crippen LogP contribution < -0.4 is 16.2 Å². The number of nitrogens with zero attached hydrogens (tertiary/aromatic N) is 6. The number of hydrogen-bond acceptors (Lipinski definition) is 22. The third-order valence-electron chi connectivity index (χ3n) is 7.63. The lowest BCUT2D eigenvalue weighted by Gasteiger charge is -2.13. The summed E-state index contributed by atoms with van der Waals surface area (Å²) in [5, 5.41) is 41.7. The SMILES string of the molecule is COc1cc(COC=N)ccc1N=Nc1c(N)c(N=Nc2ccc(S(=O)(=O)CCOS(=O)(=O)O)cc2)c(N)c(N=Nc2ccc(S(=O)(=O)CCOS(=O)(=O)O)cc2)c1C(=O)O. The average Bonchev–Trinajstić information content (AvgIpc) is 3.18. The summed E-state index contributed by atoms with van der Waals surface area (Å²) in [7, 11) is -16.6.